The standard InChI is InChI=1S/C25H33ClN6O3/c1-15-18-10-16(25(18,2)3)11-19(15)30-20-13-28-32(24(34)23(20)26)14-22(33)29-17-4-5-21(27-12-17)31-6-8-35-9-7-31/h4-5,12-13,15-16,18-19,30H,6-11,14H2,1-3H3,(H,29,33)/t15-,16-,18+,19-/m1/s1. The summed E-state index contributed by atoms with van der Waals surface area (Å²) in [5, 5.41) is 10.5. The largest absolute Gasteiger partial charge is 0.379 e. The van der Waals surface area contributed by atoms with Gasteiger partial charge in [-0.2, -0.15) is 5.10 Å². The van der Waals surface area contributed by atoms with E-state index in [0.29, 0.717) is 47.8 Å². The van der Waals surface area contributed by atoms with Crippen LogP contribution in [0.1, 0.15) is 33.6 Å². The predicted octanol–water partition coefficient (Wildman–Crippen LogP) is 3.25. The number of ether oxygens (including phenoxy) is 1. The number of pyridine rings is 1. The molecule has 4 atom stereocenters. The van der Waals surface area contributed by atoms with Gasteiger partial charge in [-0.3, -0.25) is 9.59 Å². The van der Waals surface area contributed by atoms with Gasteiger partial charge in [-0.25, -0.2) is 9.67 Å². The molecule has 2 N–H and O–H groups in total. The number of fused-ring (bicyclic) bond motifs is 2. The molecule has 0 unspecified atom stereocenters. The first-order chi connectivity index (χ1) is 16.7. The second kappa shape index (κ2) is 9.43. The van der Waals surface area contributed by atoms with E-state index in [0.717, 1.165) is 30.0 Å². The van der Waals surface area contributed by atoms with E-state index >= 15 is 0 Å². The van der Waals surface area contributed by atoms with Gasteiger partial charge in [0.25, 0.3) is 5.56 Å². The normalized spacial score (nSPS) is 27.1. The molecule has 10 heteroatoms. The van der Waals surface area contributed by atoms with Crippen molar-refractivity contribution in [2.24, 2.45) is 23.2 Å². The van der Waals surface area contributed by atoms with E-state index in [9.17, 15) is 9.59 Å². The summed E-state index contributed by atoms with van der Waals surface area (Å²) in [5.74, 6) is 2.32. The molecule has 0 spiro atoms. The van der Waals surface area contributed by atoms with Gasteiger partial charge in [0.2, 0.25) is 5.91 Å². The van der Waals surface area contributed by atoms with Crippen molar-refractivity contribution in [2.75, 3.05) is 41.8 Å². The molecule has 2 bridgehead atoms. The lowest BCUT2D eigenvalue weighted by atomic mass is 9.45. The van der Waals surface area contributed by atoms with Crippen LogP contribution in [0.25, 0.3) is 0 Å². The van der Waals surface area contributed by atoms with Crippen LogP contribution in [0.5, 0.6) is 0 Å². The number of anilines is 3. The van der Waals surface area contributed by atoms with E-state index in [1.807, 2.05) is 6.07 Å². The molecule has 1 amide bonds. The Hall–Kier alpha value is -2.65. The number of rotatable bonds is 6. The van der Waals surface area contributed by atoms with Crippen LogP contribution in [-0.4, -0.2) is 53.0 Å². The number of halogens is 1. The van der Waals surface area contributed by atoms with Crippen LogP contribution in [0.3, 0.4) is 0 Å². The quantitative estimate of drug-likeness (QED) is 0.627. The second-order valence-corrected chi connectivity index (χ2v) is 11.0. The Morgan fingerprint density at radius 2 is 2.00 bits per heavy atom. The van der Waals surface area contributed by atoms with Crippen molar-refractivity contribution in [3.05, 3.63) is 39.9 Å². The SMILES string of the molecule is C[C@H]1[C@H](Nc2cnn(CC(=O)Nc3ccc(N4CCOCC4)nc3)c(=O)c2Cl)C[C@H]2C[C@@H]1C2(C)C. The molecule has 4 aliphatic rings. The summed E-state index contributed by atoms with van der Waals surface area (Å²) >= 11 is 6.41. The second-order valence-electron chi connectivity index (χ2n) is 10.6. The Bertz CT molecular complexity index is 1140. The zero-order chi connectivity index (χ0) is 24.7. The van der Waals surface area contributed by atoms with Crippen LogP contribution in [0.2, 0.25) is 5.02 Å². The first-order valence-electron chi connectivity index (χ1n) is 12.3. The van der Waals surface area contributed by atoms with Crippen molar-refractivity contribution in [1.82, 2.24) is 14.8 Å². The third kappa shape index (κ3) is 4.63. The molecular formula is C25H33ClN6O3. The van der Waals surface area contributed by atoms with Gasteiger partial charge in [0.15, 0.2) is 0 Å². The Morgan fingerprint density at radius 1 is 1.23 bits per heavy atom. The number of hydrogen-bond donors (Lipinski definition) is 2. The lowest BCUT2D eigenvalue weighted by molar-refractivity contribution is -0.117. The van der Waals surface area contributed by atoms with Gasteiger partial charge in [-0.05, 0) is 48.1 Å². The Labute approximate surface area is 210 Å². The number of carbonyl (C=O) groups excluding carboxylic acids is 1. The molecule has 2 aromatic rings. The molecule has 2 aromatic heterocycles. The molecule has 3 saturated carbocycles. The third-order valence-corrected chi connectivity index (χ3v) is 8.71. The van der Waals surface area contributed by atoms with Gasteiger partial charge in [0.05, 0.1) is 37.0 Å². The summed E-state index contributed by atoms with van der Waals surface area (Å²) < 4.78 is 6.45. The predicted molar refractivity (Wildman–Crippen MR) is 136 cm³/mol. The number of aromatic nitrogens is 3. The number of hydrogen-bond acceptors (Lipinski definition) is 7. The van der Waals surface area contributed by atoms with Gasteiger partial charge >= 0.3 is 0 Å². The minimum absolute atomic E-state index is 0.0648. The van der Waals surface area contributed by atoms with Crippen LogP contribution in [-0.2, 0) is 16.1 Å². The molecule has 0 radical (unpaired) electrons. The molecule has 1 saturated heterocycles. The molecule has 9 nitrogen and oxygen atoms in total. The average Bonchev–Trinajstić information content (AvgIpc) is 2.85. The van der Waals surface area contributed by atoms with Crippen molar-refractivity contribution in [2.45, 2.75) is 46.2 Å². The fourth-order valence-corrected chi connectivity index (χ4v) is 6.20. The molecule has 188 valence electrons. The Kier molecular flexibility index (Phi) is 6.48. The molecule has 3 heterocycles. The topological polar surface area (TPSA) is 101 Å². The molecular weight excluding hydrogens is 468 g/mol. The number of nitrogens with one attached hydrogen (secondary N) is 2. The summed E-state index contributed by atoms with van der Waals surface area (Å²) in [5.41, 5.74) is 0.986. The highest BCUT2D eigenvalue weighted by Crippen LogP contribution is 2.61. The third-order valence-electron chi connectivity index (χ3n) is 8.34. The minimum Gasteiger partial charge on any atom is -0.379 e. The van der Waals surface area contributed by atoms with Crippen molar-refractivity contribution in [1.29, 1.82) is 0 Å². The van der Waals surface area contributed by atoms with Gasteiger partial charge in [0, 0.05) is 19.1 Å². The number of carbonyl (C=O) groups is 1. The van der Waals surface area contributed by atoms with Crippen LogP contribution in [0, 0.1) is 23.2 Å². The van der Waals surface area contributed by atoms with Crippen molar-refractivity contribution >= 4 is 34.7 Å². The minimum atomic E-state index is -0.485. The molecule has 3 aliphatic carbocycles. The highest BCUT2D eigenvalue weighted by Gasteiger charge is 2.56. The smallest absolute Gasteiger partial charge is 0.288 e. The summed E-state index contributed by atoms with van der Waals surface area (Å²) in [7, 11) is 0. The maximum absolute atomic E-state index is 12.8. The summed E-state index contributed by atoms with van der Waals surface area (Å²) in [6.45, 7) is 9.68. The van der Waals surface area contributed by atoms with Crippen LogP contribution in [0.4, 0.5) is 17.2 Å². The van der Waals surface area contributed by atoms with Crippen LogP contribution < -0.4 is 21.1 Å². The Balaban J connectivity index is 1.20. The number of morpholine rings is 1. The lowest BCUT2D eigenvalue weighted by Gasteiger charge is -2.62. The molecule has 35 heavy (non-hydrogen) atoms. The van der Waals surface area contributed by atoms with Gasteiger partial charge in [-0.15, -0.1) is 0 Å². The maximum atomic E-state index is 12.8. The average molecular weight is 501 g/mol. The zero-order valence-corrected chi connectivity index (χ0v) is 21.2. The molecule has 0 aromatic carbocycles. The van der Waals surface area contributed by atoms with E-state index in [1.54, 1.807) is 18.5 Å². The van der Waals surface area contributed by atoms with Crippen LogP contribution >= 0.6 is 11.6 Å². The van der Waals surface area contributed by atoms with E-state index in [2.05, 4.69) is 46.4 Å². The first-order valence-corrected chi connectivity index (χ1v) is 12.7. The molecule has 4 fully saturated rings. The fourth-order valence-electron chi connectivity index (χ4n) is 5.99. The van der Waals surface area contributed by atoms with Gasteiger partial charge in [-0.1, -0.05) is 32.4 Å². The Morgan fingerprint density at radius 3 is 2.66 bits per heavy atom. The van der Waals surface area contributed by atoms with Gasteiger partial charge < -0.3 is 20.3 Å². The van der Waals surface area contributed by atoms with E-state index in [-0.39, 0.29) is 23.5 Å². The molecule has 6 rings (SSSR count). The van der Waals surface area contributed by atoms with E-state index in [1.165, 1.54) is 6.42 Å². The van der Waals surface area contributed by atoms with Crippen molar-refractivity contribution in [3.8, 4) is 0 Å². The zero-order valence-electron chi connectivity index (χ0n) is 20.5. The number of nitrogens with zero attached hydrogens (tertiary/aromatic N) is 4. The molecule has 1 aliphatic heterocycles. The van der Waals surface area contributed by atoms with Crippen molar-refractivity contribution < 1.29 is 9.53 Å². The highest BCUT2D eigenvalue weighted by molar-refractivity contribution is 6.32. The summed E-state index contributed by atoms with van der Waals surface area (Å²) in [6, 6.07) is 3.92. The summed E-state index contributed by atoms with van der Waals surface area (Å²) in [4.78, 5) is 31.9. The maximum Gasteiger partial charge on any atom is 0.288 e. The fraction of sp³-hybridized carbons (Fsp3) is 0.600. The first kappa shape index (κ1) is 24.1. The lowest BCUT2D eigenvalue weighted by Crippen LogP contribution is -2.58. The highest BCUT2D eigenvalue weighted by atomic mass is 35.5. The number of amides is 1. The summed E-state index contributed by atoms with van der Waals surface area (Å²) in [6.07, 6.45) is 5.50. The monoisotopic (exact) mass is 500 g/mol. The van der Waals surface area contributed by atoms with Gasteiger partial charge in [0.1, 0.15) is 17.4 Å². The van der Waals surface area contributed by atoms with E-state index < -0.39 is 5.56 Å². The van der Waals surface area contributed by atoms with Crippen molar-refractivity contribution in [3.63, 3.8) is 0 Å². The van der Waals surface area contributed by atoms with E-state index in [4.69, 9.17) is 16.3 Å². The van der Waals surface area contributed by atoms with Crippen LogP contribution in [0.15, 0.2) is 29.3 Å².